The average molecular weight is 479 g/mol. The third-order valence-corrected chi connectivity index (χ3v) is 5.83. The number of amides is 1. The molecule has 0 unspecified atom stereocenters. The Labute approximate surface area is 209 Å². The molecule has 4 aromatic carbocycles. The maximum atomic E-state index is 12.7. The van der Waals surface area contributed by atoms with Crippen LogP contribution in [0.3, 0.4) is 0 Å². The van der Waals surface area contributed by atoms with Crippen molar-refractivity contribution < 1.29 is 18.7 Å². The molecule has 6 heteroatoms. The zero-order valence-electron chi connectivity index (χ0n) is 20.2. The minimum atomic E-state index is -0.442. The van der Waals surface area contributed by atoms with Crippen LogP contribution in [-0.4, -0.2) is 18.7 Å². The summed E-state index contributed by atoms with van der Waals surface area (Å²) in [6.07, 6.45) is 1.61. The standard InChI is InChI=1S/C30H26N2O4/c1-3-34-24-13-15-27-23(16-24)17-29(36-27)30(33)32-31-18-26-25-7-5-4-6-22(25)12-14-28(26)35-19-21-10-8-20(2)9-11-21/h4-18H,3,19H2,1-2H3,(H,32,33)/b31-18+. The third-order valence-electron chi connectivity index (χ3n) is 5.83. The highest BCUT2D eigenvalue weighted by atomic mass is 16.5. The van der Waals surface area contributed by atoms with E-state index >= 15 is 0 Å². The van der Waals surface area contributed by atoms with Gasteiger partial charge in [0.25, 0.3) is 0 Å². The van der Waals surface area contributed by atoms with Crippen LogP contribution in [0, 0.1) is 6.92 Å². The fourth-order valence-electron chi connectivity index (χ4n) is 3.98. The van der Waals surface area contributed by atoms with Gasteiger partial charge in [-0.05, 0) is 60.5 Å². The van der Waals surface area contributed by atoms with Crippen molar-refractivity contribution in [2.45, 2.75) is 20.5 Å². The first kappa shape index (κ1) is 23.2. The predicted octanol–water partition coefficient (Wildman–Crippen LogP) is 6.64. The summed E-state index contributed by atoms with van der Waals surface area (Å²) in [6, 6.07) is 27.3. The second-order valence-corrected chi connectivity index (χ2v) is 8.42. The molecule has 180 valence electrons. The fraction of sp³-hybridized carbons (Fsp3) is 0.133. The number of hydrogen-bond acceptors (Lipinski definition) is 5. The van der Waals surface area contributed by atoms with Gasteiger partial charge in [-0.1, -0.05) is 60.2 Å². The Kier molecular flexibility index (Phi) is 6.67. The van der Waals surface area contributed by atoms with Gasteiger partial charge in [0.05, 0.1) is 12.8 Å². The SMILES string of the molecule is CCOc1ccc2oc(C(=O)N/N=C/c3c(OCc4ccc(C)cc4)ccc4ccccc34)cc2c1. The second kappa shape index (κ2) is 10.4. The van der Waals surface area contributed by atoms with Crippen LogP contribution in [0.25, 0.3) is 21.7 Å². The number of ether oxygens (including phenoxy) is 2. The van der Waals surface area contributed by atoms with Crippen LogP contribution in [0.15, 0.2) is 94.4 Å². The molecule has 0 saturated heterocycles. The lowest BCUT2D eigenvalue weighted by Crippen LogP contribution is -2.16. The molecule has 1 amide bonds. The maximum absolute atomic E-state index is 12.7. The molecule has 6 nitrogen and oxygen atoms in total. The van der Waals surface area contributed by atoms with E-state index in [4.69, 9.17) is 13.9 Å². The van der Waals surface area contributed by atoms with Gasteiger partial charge in [0.15, 0.2) is 5.76 Å². The van der Waals surface area contributed by atoms with E-state index in [1.807, 2.05) is 55.5 Å². The Balaban J connectivity index is 1.36. The summed E-state index contributed by atoms with van der Waals surface area (Å²) in [5.74, 6) is 1.14. The van der Waals surface area contributed by atoms with Crippen LogP contribution >= 0.6 is 0 Å². The molecule has 0 spiro atoms. The van der Waals surface area contributed by atoms with Crippen LogP contribution in [0.2, 0.25) is 0 Å². The van der Waals surface area contributed by atoms with Crippen LogP contribution in [0.1, 0.15) is 34.2 Å². The van der Waals surface area contributed by atoms with E-state index < -0.39 is 5.91 Å². The molecule has 0 aliphatic rings. The van der Waals surface area contributed by atoms with E-state index in [9.17, 15) is 4.79 Å². The lowest BCUT2D eigenvalue weighted by atomic mass is 10.0. The van der Waals surface area contributed by atoms with Gasteiger partial charge < -0.3 is 13.9 Å². The summed E-state index contributed by atoms with van der Waals surface area (Å²) in [6.45, 7) is 4.97. The van der Waals surface area contributed by atoms with Crippen LogP contribution < -0.4 is 14.9 Å². The first-order chi connectivity index (χ1) is 17.6. The van der Waals surface area contributed by atoms with Crippen molar-refractivity contribution in [3.8, 4) is 11.5 Å². The van der Waals surface area contributed by atoms with Gasteiger partial charge in [-0.2, -0.15) is 5.10 Å². The number of nitrogens with one attached hydrogen (secondary N) is 1. The quantitative estimate of drug-likeness (QED) is 0.201. The topological polar surface area (TPSA) is 73.1 Å². The minimum Gasteiger partial charge on any atom is -0.494 e. The van der Waals surface area contributed by atoms with E-state index in [1.54, 1.807) is 18.3 Å². The summed E-state index contributed by atoms with van der Waals surface area (Å²) in [5, 5.41) is 7.04. The number of benzene rings is 4. The Hall–Kier alpha value is -4.58. The van der Waals surface area contributed by atoms with Crippen molar-refractivity contribution in [1.82, 2.24) is 5.43 Å². The normalized spacial score (nSPS) is 11.3. The van der Waals surface area contributed by atoms with E-state index in [-0.39, 0.29) is 5.76 Å². The highest BCUT2D eigenvalue weighted by Gasteiger charge is 2.13. The van der Waals surface area contributed by atoms with E-state index in [0.717, 1.165) is 33.0 Å². The van der Waals surface area contributed by atoms with Gasteiger partial charge >= 0.3 is 5.91 Å². The average Bonchev–Trinajstić information content (AvgIpc) is 3.33. The van der Waals surface area contributed by atoms with Gasteiger partial charge in [0.1, 0.15) is 23.7 Å². The Bertz CT molecular complexity index is 1550. The molecule has 0 radical (unpaired) electrons. The van der Waals surface area contributed by atoms with Crippen LogP contribution in [0.4, 0.5) is 0 Å². The zero-order chi connectivity index (χ0) is 24.9. The number of carbonyl (C=O) groups excluding carboxylic acids is 1. The van der Waals surface area contributed by atoms with Crippen LogP contribution in [0.5, 0.6) is 11.5 Å². The molecule has 0 fully saturated rings. The molecule has 5 rings (SSSR count). The summed E-state index contributed by atoms with van der Waals surface area (Å²) in [5.41, 5.74) is 6.23. The molecule has 0 aliphatic heterocycles. The number of hydrogen-bond donors (Lipinski definition) is 1. The largest absolute Gasteiger partial charge is 0.494 e. The van der Waals surface area contributed by atoms with Crippen molar-refractivity contribution in [3.63, 3.8) is 0 Å². The molecule has 0 bridgehead atoms. The molecule has 5 aromatic rings. The number of rotatable bonds is 8. The number of nitrogens with zero attached hydrogens (tertiary/aromatic N) is 1. The van der Waals surface area contributed by atoms with E-state index in [2.05, 4.69) is 41.7 Å². The minimum absolute atomic E-state index is 0.171. The molecule has 0 aliphatic carbocycles. The van der Waals surface area contributed by atoms with Crippen molar-refractivity contribution >= 4 is 33.9 Å². The lowest BCUT2D eigenvalue weighted by molar-refractivity contribution is 0.0929. The van der Waals surface area contributed by atoms with Gasteiger partial charge in [0, 0.05) is 10.9 Å². The summed E-state index contributed by atoms with van der Waals surface area (Å²) < 4.78 is 17.4. The molecule has 1 N–H and O–H groups in total. The number of aryl methyl sites for hydroxylation is 1. The number of hydrazone groups is 1. The second-order valence-electron chi connectivity index (χ2n) is 8.42. The third kappa shape index (κ3) is 5.08. The Morgan fingerprint density at radius 2 is 1.78 bits per heavy atom. The smallest absolute Gasteiger partial charge is 0.307 e. The van der Waals surface area contributed by atoms with Crippen LogP contribution in [-0.2, 0) is 6.61 Å². The molecule has 36 heavy (non-hydrogen) atoms. The highest BCUT2D eigenvalue weighted by Crippen LogP contribution is 2.28. The maximum Gasteiger partial charge on any atom is 0.307 e. The summed E-state index contributed by atoms with van der Waals surface area (Å²) in [7, 11) is 0. The monoisotopic (exact) mass is 478 g/mol. The van der Waals surface area contributed by atoms with Gasteiger partial charge in [-0.15, -0.1) is 0 Å². The molecule has 1 heterocycles. The van der Waals surface area contributed by atoms with Crippen molar-refractivity contribution in [1.29, 1.82) is 0 Å². The summed E-state index contributed by atoms with van der Waals surface area (Å²) >= 11 is 0. The lowest BCUT2D eigenvalue weighted by Gasteiger charge is -2.12. The highest BCUT2D eigenvalue weighted by molar-refractivity contribution is 6.03. The molecule has 0 atom stereocenters. The number of fused-ring (bicyclic) bond motifs is 2. The summed E-state index contributed by atoms with van der Waals surface area (Å²) in [4.78, 5) is 12.7. The van der Waals surface area contributed by atoms with E-state index in [0.29, 0.717) is 24.5 Å². The molecular weight excluding hydrogens is 452 g/mol. The first-order valence-corrected chi connectivity index (χ1v) is 11.8. The Morgan fingerprint density at radius 3 is 2.61 bits per heavy atom. The molecule has 1 aromatic heterocycles. The fourth-order valence-corrected chi connectivity index (χ4v) is 3.98. The van der Waals surface area contributed by atoms with E-state index in [1.165, 1.54) is 5.56 Å². The zero-order valence-corrected chi connectivity index (χ0v) is 20.2. The van der Waals surface area contributed by atoms with Crippen molar-refractivity contribution in [2.24, 2.45) is 5.10 Å². The number of furan rings is 1. The number of carbonyl (C=O) groups is 1. The Morgan fingerprint density at radius 1 is 0.944 bits per heavy atom. The van der Waals surface area contributed by atoms with Crippen molar-refractivity contribution in [3.05, 3.63) is 107 Å². The van der Waals surface area contributed by atoms with Gasteiger partial charge in [-0.3, -0.25) is 4.79 Å². The van der Waals surface area contributed by atoms with Crippen molar-refractivity contribution in [2.75, 3.05) is 6.61 Å². The molecular formula is C30H26N2O4. The predicted molar refractivity (Wildman–Crippen MR) is 142 cm³/mol. The van der Waals surface area contributed by atoms with Gasteiger partial charge in [0.2, 0.25) is 0 Å². The first-order valence-electron chi connectivity index (χ1n) is 11.8. The molecule has 0 saturated carbocycles. The van der Waals surface area contributed by atoms with Gasteiger partial charge in [-0.25, -0.2) is 5.43 Å².